The van der Waals surface area contributed by atoms with Gasteiger partial charge in [-0.2, -0.15) is 0 Å². The summed E-state index contributed by atoms with van der Waals surface area (Å²) in [7, 11) is 1.59. The fraction of sp³-hybridized carbons (Fsp3) is 0.423. The molecule has 0 saturated heterocycles. The minimum absolute atomic E-state index is 0.0189. The molecule has 4 rings (SSSR count). The van der Waals surface area contributed by atoms with Crippen LogP contribution < -0.4 is 5.32 Å². The SMILES string of the molecule is COCCNC(=O)C1=C[C@H](c2cccc3c2Cc2ccccc2-3)C[C@H](OCCOCCO)O1. The molecule has 176 valence electrons. The topological polar surface area (TPSA) is 86.3 Å². The lowest BCUT2D eigenvalue weighted by Gasteiger charge is -2.30. The number of carbonyl (C=O) groups excluding carboxylic acids is 1. The summed E-state index contributed by atoms with van der Waals surface area (Å²) in [5, 5.41) is 11.7. The predicted octanol–water partition coefficient (Wildman–Crippen LogP) is 2.76. The molecule has 2 aromatic carbocycles. The maximum absolute atomic E-state index is 12.8. The quantitative estimate of drug-likeness (QED) is 0.434. The fourth-order valence-corrected chi connectivity index (χ4v) is 4.42. The van der Waals surface area contributed by atoms with Gasteiger partial charge in [-0.05, 0) is 40.3 Å². The van der Waals surface area contributed by atoms with Crippen molar-refractivity contribution in [1.82, 2.24) is 5.32 Å². The van der Waals surface area contributed by atoms with E-state index >= 15 is 0 Å². The Morgan fingerprint density at radius 1 is 1.09 bits per heavy atom. The van der Waals surface area contributed by atoms with Crippen molar-refractivity contribution in [2.75, 3.05) is 46.7 Å². The zero-order chi connectivity index (χ0) is 23.0. The highest BCUT2D eigenvalue weighted by Gasteiger charge is 2.31. The first-order valence-electron chi connectivity index (χ1n) is 11.4. The van der Waals surface area contributed by atoms with Crippen LogP contribution in [-0.4, -0.2) is 64.0 Å². The zero-order valence-corrected chi connectivity index (χ0v) is 18.9. The highest BCUT2D eigenvalue weighted by atomic mass is 16.7. The Bertz CT molecular complexity index is 988. The molecule has 0 bridgehead atoms. The van der Waals surface area contributed by atoms with Crippen LogP contribution in [0.3, 0.4) is 0 Å². The third kappa shape index (κ3) is 5.62. The molecule has 2 aromatic rings. The van der Waals surface area contributed by atoms with Gasteiger partial charge in [0.25, 0.3) is 5.91 Å². The number of aliphatic hydroxyl groups excluding tert-OH is 1. The molecule has 1 amide bonds. The van der Waals surface area contributed by atoms with Gasteiger partial charge in [-0.3, -0.25) is 4.79 Å². The number of amides is 1. The third-order valence-electron chi connectivity index (χ3n) is 5.93. The number of methoxy groups -OCH3 is 1. The van der Waals surface area contributed by atoms with E-state index in [1.807, 2.05) is 6.08 Å². The van der Waals surface area contributed by atoms with Gasteiger partial charge in [0.1, 0.15) is 0 Å². The number of hydrogen-bond donors (Lipinski definition) is 2. The molecule has 0 spiro atoms. The van der Waals surface area contributed by atoms with Crippen molar-refractivity contribution < 1.29 is 28.8 Å². The molecule has 0 saturated carbocycles. The summed E-state index contributed by atoms with van der Waals surface area (Å²) in [6.07, 6.45) is 2.81. The second-order valence-electron chi connectivity index (χ2n) is 8.08. The number of allylic oxidation sites excluding steroid dienone is 1. The number of nitrogens with one attached hydrogen (secondary N) is 1. The molecule has 7 nitrogen and oxygen atoms in total. The van der Waals surface area contributed by atoms with Gasteiger partial charge < -0.3 is 29.4 Å². The Morgan fingerprint density at radius 3 is 2.79 bits per heavy atom. The van der Waals surface area contributed by atoms with Crippen LogP contribution in [-0.2, 0) is 30.2 Å². The van der Waals surface area contributed by atoms with Crippen molar-refractivity contribution >= 4 is 5.91 Å². The predicted molar refractivity (Wildman–Crippen MR) is 124 cm³/mol. The van der Waals surface area contributed by atoms with Crippen molar-refractivity contribution in [3.63, 3.8) is 0 Å². The highest BCUT2D eigenvalue weighted by molar-refractivity contribution is 5.91. The van der Waals surface area contributed by atoms with E-state index < -0.39 is 6.29 Å². The van der Waals surface area contributed by atoms with Crippen LogP contribution in [0.15, 0.2) is 54.3 Å². The smallest absolute Gasteiger partial charge is 0.286 e. The lowest BCUT2D eigenvalue weighted by atomic mass is 9.87. The maximum atomic E-state index is 12.8. The first kappa shape index (κ1) is 23.4. The summed E-state index contributed by atoms with van der Waals surface area (Å²) in [4.78, 5) is 12.8. The molecular formula is C26H31NO6. The van der Waals surface area contributed by atoms with Crippen LogP contribution in [0.25, 0.3) is 11.1 Å². The first-order valence-corrected chi connectivity index (χ1v) is 11.4. The fourth-order valence-electron chi connectivity index (χ4n) is 4.42. The first-order chi connectivity index (χ1) is 16.2. The zero-order valence-electron chi connectivity index (χ0n) is 18.9. The summed E-state index contributed by atoms with van der Waals surface area (Å²) < 4.78 is 22.1. The largest absolute Gasteiger partial charge is 0.459 e. The minimum atomic E-state index is -0.569. The molecule has 2 atom stereocenters. The number of carbonyl (C=O) groups is 1. The summed E-state index contributed by atoms with van der Waals surface area (Å²) in [6, 6.07) is 14.9. The molecule has 1 aliphatic carbocycles. The van der Waals surface area contributed by atoms with Crippen molar-refractivity contribution in [2.45, 2.75) is 25.0 Å². The van der Waals surface area contributed by atoms with Crippen LogP contribution in [0.1, 0.15) is 29.0 Å². The number of ether oxygens (including phenoxy) is 4. The van der Waals surface area contributed by atoms with Gasteiger partial charge in [-0.15, -0.1) is 0 Å². The maximum Gasteiger partial charge on any atom is 0.286 e. The van der Waals surface area contributed by atoms with Gasteiger partial charge in [0, 0.05) is 26.0 Å². The lowest BCUT2D eigenvalue weighted by Crippen LogP contribution is -2.34. The van der Waals surface area contributed by atoms with E-state index in [1.165, 1.54) is 27.8 Å². The molecule has 0 unspecified atom stereocenters. The van der Waals surface area contributed by atoms with Gasteiger partial charge in [0.15, 0.2) is 5.76 Å². The number of fused-ring (bicyclic) bond motifs is 3. The van der Waals surface area contributed by atoms with Crippen LogP contribution in [0, 0.1) is 0 Å². The van der Waals surface area contributed by atoms with Gasteiger partial charge in [0.2, 0.25) is 6.29 Å². The van der Waals surface area contributed by atoms with Crippen LogP contribution >= 0.6 is 0 Å². The van der Waals surface area contributed by atoms with E-state index in [9.17, 15) is 4.79 Å². The average molecular weight is 454 g/mol. The van der Waals surface area contributed by atoms with Gasteiger partial charge in [-0.25, -0.2) is 0 Å². The van der Waals surface area contributed by atoms with E-state index in [0.29, 0.717) is 32.8 Å². The van der Waals surface area contributed by atoms with E-state index in [-0.39, 0.29) is 30.8 Å². The van der Waals surface area contributed by atoms with Crippen LogP contribution in [0.4, 0.5) is 0 Å². The molecule has 1 aliphatic heterocycles. The summed E-state index contributed by atoms with van der Waals surface area (Å²) in [6.45, 7) is 1.72. The monoisotopic (exact) mass is 453 g/mol. The molecule has 0 fully saturated rings. The molecular weight excluding hydrogens is 422 g/mol. The number of benzene rings is 2. The normalized spacial score (nSPS) is 18.8. The second-order valence-corrected chi connectivity index (χ2v) is 8.08. The van der Waals surface area contributed by atoms with E-state index in [2.05, 4.69) is 47.8 Å². The Balaban J connectivity index is 1.55. The van der Waals surface area contributed by atoms with Gasteiger partial charge in [-0.1, -0.05) is 42.5 Å². The Kier molecular flexibility index (Phi) is 8.12. The minimum Gasteiger partial charge on any atom is -0.459 e. The molecule has 0 radical (unpaired) electrons. The number of aliphatic hydroxyl groups is 1. The van der Waals surface area contributed by atoms with Gasteiger partial charge in [0.05, 0.1) is 33.0 Å². The van der Waals surface area contributed by atoms with E-state index in [1.54, 1.807) is 7.11 Å². The molecule has 2 aliphatic rings. The molecule has 2 N–H and O–H groups in total. The summed E-state index contributed by atoms with van der Waals surface area (Å²) in [5.41, 5.74) is 6.34. The molecule has 1 heterocycles. The summed E-state index contributed by atoms with van der Waals surface area (Å²) >= 11 is 0. The van der Waals surface area contributed by atoms with Crippen molar-refractivity contribution in [3.8, 4) is 11.1 Å². The van der Waals surface area contributed by atoms with Crippen LogP contribution in [0.5, 0.6) is 0 Å². The Hall–Kier alpha value is -2.71. The second kappa shape index (κ2) is 11.4. The van der Waals surface area contributed by atoms with Crippen molar-refractivity contribution in [1.29, 1.82) is 0 Å². The highest BCUT2D eigenvalue weighted by Crippen LogP contribution is 2.42. The Morgan fingerprint density at radius 2 is 1.94 bits per heavy atom. The third-order valence-corrected chi connectivity index (χ3v) is 5.93. The van der Waals surface area contributed by atoms with E-state index in [4.69, 9.17) is 24.1 Å². The van der Waals surface area contributed by atoms with Crippen molar-refractivity contribution in [3.05, 3.63) is 71.0 Å². The number of rotatable bonds is 11. The molecule has 0 aromatic heterocycles. The van der Waals surface area contributed by atoms with Crippen molar-refractivity contribution in [2.24, 2.45) is 0 Å². The molecule has 33 heavy (non-hydrogen) atoms. The summed E-state index contributed by atoms with van der Waals surface area (Å²) in [5.74, 6) is -0.0379. The lowest BCUT2D eigenvalue weighted by molar-refractivity contribution is -0.151. The van der Waals surface area contributed by atoms with Gasteiger partial charge >= 0.3 is 0 Å². The standard InChI is InChI=1S/C26H31NO6/c1-30-11-9-27-26(29)24-16-19(17-25(33-24)32-14-13-31-12-10-28)21-7-4-8-22-20-6-3-2-5-18(20)15-23(21)22/h2-8,16,19,25,28H,9-15,17H2,1H3,(H,27,29)/t19-,25+/m0/s1. The van der Waals surface area contributed by atoms with Crippen LogP contribution in [0.2, 0.25) is 0 Å². The molecule has 7 heteroatoms. The Labute approximate surface area is 194 Å². The average Bonchev–Trinajstić information content (AvgIpc) is 3.23. The van der Waals surface area contributed by atoms with E-state index in [0.717, 1.165) is 6.42 Å². The number of hydrogen-bond acceptors (Lipinski definition) is 6.